The van der Waals surface area contributed by atoms with Gasteiger partial charge in [-0.05, 0) is 48.7 Å². The first kappa shape index (κ1) is 26.6. The molecule has 1 amide bonds. The van der Waals surface area contributed by atoms with Crippen molar-refractivity contribution in [1.29, 1.82) is 0 Å². The minimum Gasteiger partial charge on any atom is -0.339 e. The van der Waals surface area contributed by atoms with Crippen molar-refractivity contribution in [3.05, 3.63) is 73.7 Å². The van der Waals surface area contributed by atoms with E-state index in [1.54, 1.807) is 0 Å². The van der Waals surface area contributed by atoms with Crippen LogP contribution in [0.4, 0.5) is 30.7 Å². The fraction of sp³-hybridized carbons (Fsp3) is 0.318. The largest absolute Gasteiger partial charge is 0.417 e. The summed E-state index contributed by atoms with van der Waals surface area (Å²) in [5, 5.41) is -0.821. The van der Waals surface area contributed by atoms with Crippen LogP contribution in [0.2, 0.25) is 15.1 Å². The molecule has 0 bridgehead atoms. The van der Waals surface area contributed by atoms with Crippen molar-refractivity contribution < 1.29 is 35.5 Å². The van der Waals surface area contributed by atoms with Crippen LogP contribution in [0.1, 0.15) is 45.8 Å². The second kappa shape index (κ2) is 9.95. The number of likely N-dealkylation sites (tertiary alicyclic amines) is 1. The third-order valence-corrected chi connectivity index (χ3v) is 6.45. The highest BCUT2D eigenvalue weighted by Gasteiger charge is 2.41. The smallest absolute Gasteiger partial charge is 0.339 e. The zero-order valence-electron chi connectivity index (χ0n) is 17.0. The van der Waals surface area contributed by atoms with E-state index in [2.05, 4.69) is 0 Å². The summed E-state index contributed by atoms with van der Waals surface area (Å²) in [4.78, 5) is 13.8. The maximum Gasteiger partial charge on any atom is 0.417 e. The third-order valence-electron chi connectivity index (χ3n) is 5.26. The monoisotopic (exact) mass is 547 g/mol. The number of halogens is 10. The molecule has 0 N–H and O–H groups in total. The number of alkyl halides is 6. The predicted octanol–water partition coefficient (Wildman–Crippen LogP) is 8.56. The molecule has 1 heterocycles. The molecule has 0 saturated carbocycles. The van der Waals surface area contributed by atoms with Gasteiger partial charge in [-0.3, -0.25) is 4.79 Å². The number of amides is 1. The van der Waals surface area contributed by atoms with E-state index in [-0.39, 0.29) is 34.2 Å². The SMILES string of the molecule is O=C(c1ccc(C(F)=CC(c2cc(Cl)c(Cl)c(Cl)c2)C(F)(F)F)cc1C(F)(F)F)N1CCCC1. The van der Waals surface area contributed by atoms with Crippen LogP contribution in [0.25, 0.3) is 5.83 Å². The fourth-order valence-corrected chi connectivity index (χ4v) is 4.19. The lowest BCUT2D eigenvalue weighted by Crippen LogP contribution is -2.29. The first-order chi connectivity index (χ1) is 15.7. The minimum atomic E-state index is -5.04. The molecule has 2 nitrogen and oxygen atoms in total. The van der Waals surface area contributed by atoms with Crippen molar-refractivity contribution in [1.82, 2.24) is 4.90 Å². The quantitative estimate of drug-likeness (QED) is 0.277. The molecule has 2 aromatic rings. The van der Waals surface area contributed by atoms with Crippen molar-refractivity contribution in [3.63, 3.8) is 0 Å². The Morgan fingerprint density at radius 3 is 2.00 bits per heavy atom. The third kappa shape index (κ3) is 5.80. The van der Waals surface area contributed by atoms with Gasteiger partial charge in [0.2, 0.25) is 0 Å². The van der Waals surface area contributed by atoms with Crippen molar-refractivity contribution in [3.8, 4) is 0 Å². The van der Waals surface area contributed by atoms with Crippen LogP contribution in [0.5, 0.6) is 0 Å². The summed E-state index contributed by atoms with van der Waals surface area (Å²) in [7, 11) is 0. The lowest BCUT2D eigenvalue weighted by molar-refractivity contribution is -0.140. The van der Waals surface area contributed by atoms with Crippen LogP contribution in [-0.4, -0.2) is 30.1 Å². The molecule has 0 spiro atoms. The lowest BCUT2D eigenvalue weighted by atomic mass is 9.95. The van der Waals surface area contributed by atoms with Crippen LogP contribution in [0, 0.1) is 0 Å². The van der Waals surface area contributed by atoms with Crippen molar-refractivity contribution in [2.75, 3.05) is 13.1 Å². The summed E-state index contributed by atoms with van der Waals surface area (Å²) in [6, 6.07) is 3.61. The first-order valence-electron chi connectivity index (χ1n) is 9.79. The molecule has 12 heteroatoms. The van der Waals surface area contributed by atoms with Gasteiger partial charge >= 0.3 is 12.4 Å². The molecular formula is C22H15Cl3F7NO. The second-order valence-corrected chi connectivity index (χ2v) is 8.78. The van der Waals surface area contributed by atoms with Gasteiger partial charge in [-0.25, -0.2) is 4.39 Å². The molecule has 1 atom stereocenters. The first-order valence-corrected chi connectivity index (χ1v) is 10.9. The molecule has 1 unspecified atom stereocenters. The van der Waals surface area contributed by atoms with E-state index >= 15 is 0 Å². The minimum absolute atomic E-state index is 0.118. The van der Waals surface area contributed by atoms with Gasteiger partial charge in [0.1, 0.15) is 11.7 Å². The molecule has 0 radical (unpaired) electrons. The summed E-state index contributed by atoms with van der Waals surface area (Å²) in [6.45, 7) is 0.567. The lowest BCUT2D eigenvalue weighted by Gasteiger charge is -2.20. The molecular weight excluding hydrogens is 534 g/mol. The summed E-state index contributed by atoms with van der Waals surface area (Å²) >= 11 is 17.3. The highest BCUT2D eigenvalue weighted by atomic mass is 35.5. The Kier molecular flexibility index (Phi) is 7.79. The van der Waals surface area contributed by atoms with Crippen LogP contribution >= 0.6 is 34.8 Å². The number of hydrogen-bond acceptors (Lipinski definition) is 1. The number of benzene rings is 2. The second-order valence-electron chi connectivity index (χ2n) is 7.59. The molecule has 3 rings (SSSR count). The van der Waals surface area contributed by atoms with Crippen LogP contribution in [0.3, 0.4) is 0 Å². The topological polar surface area (TPSA) is 20.3 Å². The zero-order chi connectivity index (χ0) is 25.4. The molecule has 1 saturated heterocycles. The van der Waals surface area contributed by atoms with E-state index < -0.39 is 52.3 Å². The van der Waals surface area contributed by atoms with Gasteiger partial charge in [-0.1, -0.05) is 40.9 Å². The van der Waals surface area contributed by atoms with Crippen LogP contribution < -0.4 is 0 Å². The molecule has 1 aliphatic rings. The van der Waals surface area contributed by atoms with Gasteiger partial charge in [0.15, 0.2) is 0 Å². The number of hydrogen-bond donors (Lipinski definition) is 0. The Hall–Kier alpha value is -1.97. The molecule has 184 valence electrons. The van der Waals surface area contributed by atoms with Gasteiger partial charge in [0.25, 0.3) is 5.91 Å². The number of carbonyl (C=O) groups excluding carboxylic acids is 1. The summed E-state index contributed by atoms with van der Waals surface area (Å²) in [6.07, 6.45) is -8.68. The van der Waals surface area contributed by atoms with Crippen molar-refractivity contribution in [2.24, 2.45) is 0 Å². The highest BCUT2D eigenvalue weighted by molar-refractivity contribution is 6.48. The predicted molar refractivity (Wildman–Crippen MR) is 116 cm³/mol. The Morgan fingerprint density at radius 1 is 0.941 bits per heavy atom. The Labute approximate surface area is 204 Å². The summed E-state index contributed by atoms with van der Waals surface area (Å²) in [5.41, 5.74) is -3.47. The Bertz CT molecular complexity index is 1100. The Morgan fingerprint density at radius 2 is 1.50 bits per heavy atom. The Balaban J connectivity index is 2.06. The number of allylic oxidation sites excluding steroid dienone is 1. The molecule has 1 aliphatic heterocycles. The van der Waals surface area contributed by atoms with Gasteiger partial charge in [0.05, 0.1) is 26.2 Å². The molecule has 2 aromatic carbocycles. The van der Waals surface area contributed by atoms with Crippen molar-refractivity contribution in [2.45, 2.75) is 31.1 Å². The average molecular weight is 549 g/mol. The molecule has 1 fully saturated rings. The van der Waals surface area contributed by atoms with Gasteiger partial charge in [0, 0.05) is 18.7 Å². The zero-order valence-corrected chi connectivity index (χ0v) is 19.3. The molecule has 34 heavy (non-hydrogen) atoms. The van der Waals surface area contributed by atoms with Gasteiger partial charge < -0.3 is 4.90 Å². The van der Waals surface area contributed by atoms with Gasteiger partial charge in [-0.2, -0.15) is 26.3 Å². The van der Waals surface area contributed by atoms with E-state index in [0.717, 1.165) is 24.3 Å². The highest BCUT2D eigenvalue weighted by Crippen LogP contribution is 2.43. The maximum atomic E-state index is 14.9. The average Bonchev–Trinajstić information content (AvgIpc) is 3.28. The van der Waals surface area contributed by atoms with Crippen molar-refractivity contribution >= 4 is 46.5 Å². The van der Waals surface area contributed by atoms with Crippen LogP contribution in [0.15, 0.2) is 36.4 Å². The maximum absolute atomic E-state index is 14.9. The van der Waals surface area contributed by atoms with E-state index in [0.29, 0.717) is 18.9 Å². The summed E-state index contributed by atoms with van der Waals surface area (Å²) < 4.78 is 96.9. The van der Waals surface area contributed by atoms with E-state index in [4.69, 9.17) is 34.8 Å². The van der Waals surface area contributed by atoms with Gasteiger partial charge in [-0.15, -0.1) is 0 Å². The standard InChI is InChI=1S/C22H15Cl3F7NO/c23-16-8-12(9-17(24)19(16)25)14(21(27,28)29)10-18(26)11-3-4-13(15(7-11)22(30,31)32)20(34)33-5-1-2-6-33/h3-4,7-10,14H,1-2,5-6H2. The van der Waals surface area contributed by atoms with E-state index in [1.165, 1.54) is 4.90 Å². The number of rotatable bonds is 4. The van der Waals surface area contributed by atoms with E-state index in [1.807, 2.05) is 0 Å². The van der Waals surface area contributed by atoms with E-state index in [9.17, 15) is 35.5 Å². The summed E-state index contributed by atoms with van der Waals surface area (Å²) in [5.74, 6) is -5.03. The van der Waals surface area contributed by atoms with Crippen LogP contribution in [-0.2, 0) is 6.18 Å². The fourth-order valence-electron chi connectivity index (χ4n) is 3.58. The number of nitrogens with zero attached hydrogens (tertiary/aromatic N) is 1. The number of carbonyl (C=O) groups is 1. The molecule has 0 aliphatic carbocycles. The normalized spacial score (nSPS) is 16.2. The molecule has 0 aromatic heterocycles.